The molecule has 2 rings (SSSR count). The normalized spacial score (nSPS) is 13.8. The molecule has 1 amide bonds. The van der Waals surface area contributed by atoms with Gasteiger partial charge < -0.3 is 5.32 Å². The number of hydrogen-bond donors (Lipinski definition) is 1. The summed E-state index contributed by atoms with van der Waals surface area (Å²) in [5.74, 6) is 1.01. The predicted octanol–water partition coefficient (Wildman–Crippen LogP) is 3.28. The number of carbonyl (C=O) groups excluding carboxylic acids is 1. The van der Waals surface area contributed by atoms with E-state index in [0.717, 1.165) is 11.5 Å². The predicted molar refractivity (Wildman–Crippen MR) is 107 cm³/mol. The molecule has 2 aromatic rings. The second-order valence-electron chi connectivity index (χ2n) is 7.18. The number of benzene rings is 1. The molecule has 1 heterocycles. The maximum atomic E-state index is 13.3. The molecule has 1 aromatic heterocycles. The van der Waals surface area contributed by atoms with Crippen molar-refractivity contribution in [2.45, 2.75) is 44.9 Å². The number of hydrogen-bond acceptors (Lipinski definition) is 5. The maximum Gasteiger partial charge on any atom is 0.230 e. The zero-order valence-corrected chi connectivity index (χ0v) is 17.5. The first kappa shape index (κ1) is 21.4. The van der Waals surface area contributed by atoms with E-state index in [-0.39, 0.29) is 29.6 Å². The number of amides is 1. The molecule has 0 saturated heterocycles. The molecule has 0 fully saturated rings. The van der Waals surface area contributed by atoms with Gasteiger partial charge in [-0.3, -0.25) is 14.3 Å². The van der Waals surface area contributed by atoms with Crippen molar-refractivity contribution < 1.29 is 9.18 Å². The lowest BCUT2D eigenvalue weighted by molar-refractivity contribution is -0.119. The number of aromatic nitrogens is 3. The summed E-state index contributed by atoms with van der Waals surface area (Å²) in [7, 11) is 3.92. The molecule has 148 valence electrons. The van der Waals surface area contributed by atoms with Gasteiger partial charge in [-0.1, -0.05) is 25.6 Å². The van der Waals surface area contributed by atoms with Crippen LogP contribution in [0.5, 0.6) is 0 Å². The van der Waals surface area contributed by atoms with Crippen LogP contribution in [0.15, 0.2) is 29.4 Å². The lowest BCUT2D eigenvalue weighted by Crippen LogP contribution is -2.37. The minimum Gasteiger partial charge on any atom is -0.353 e. The Labute approximate surface area is 164 Å². The second-order valence-corrected chi connectivity index (χ2v) is 8.12. The third-order valence-electron chi connectivity index (χ3n) is 4.61. The summed E-state index contributed by atoms with van der Waals surface area (Å²) < 4.78 is 15.2. The van der Waals surface area contributed by atoms with Crippen LogP contribution in [0.4, 0.5) is 4.39 Å². The van der Waals surface area contributed by atoms with E-state index in [9.17, 15) is 9.18 Å². The summed E-state index contributed by atoms with van der Waals surface area (Å²) >= 11 is 1.32. The van der Waals surface area contributed by atoms with E-state index in [1.54, 1.807) is 12.1 Å². The zero-order valence-electron chi connectivity index (χ0n) is 16.7. The van der Waals surface area contributed by atoms with Gasteiger partial charge in [0.2, 0.25) is 5.91 Å². The maximum absolute atomic E-state index is 13.3. The van der Waals surface area contributed by atoms with Gasteiger partial charge in [0.25, 0.3) is 0 Å². The Bertz CT molecular complexity index is 760. The molecule has 0 unspecified atom stereocenters. The number of nitrogens with zero attached hydrogens (tertiary/aromatic N) is 4. The van der Waals surface area contributed by atoms with Crippen LogP contribution in [0.25, 0.3) is 5.69 Å². The molecular weight excluding hydrogens is 365 g/mol. The van der Waals surface area contributed by atoms with Crippen molar-refractivity contribution in [2.24, 2.45) is 5.92 Å². The highest BCUT2D eigenvalue weighted by Crippen LogP contribution is 2.26. The summed E-state index contributed by atoms with van der Waals surface area (Å²) in [6, 6.07) is 6.31. The number of nitrogens with one attached hydrogen (secondary N) is 1. The highest BCUT2D eigenvalue weighted by Gasteiger charge is 2.22. The van der Waals surface area contributed by atoms with Gasteiger partial charge in [-0.25, -0.2) is 4.39 Å². The van der Waals surface area contributed by atoms with Gasteiger partial charge in [0.15, 0.2) is 11.0 Å². The standard InChI is InChI=1S/C19H28FN5OS/c1-12(2)13(3)21-17(26)11-27-19-23-22-18(14(4)24(5)6)25(19)16-9-7-15(20)8-10-16/h7-10,12-14H,11H2,1-6H3,(H,21,26)/t13-,14+/m0/s1. The van der Waals surface area contributed by atoms with Crippen molar-refractivity contribution in [3.05, 3.63) is 35.9 Å². The summed E-state index contributed by atoms with van der Waals surface area (Å²) in [6.45, 7) is 8.15. The van der Waals surface area contributed by atoms with Gasteiger partial charge >= 0.3 is 0 Å². The number of rotatable bonds is 8. The van der Waals surface area contributed by atoms with Crippen LogP contribution in [-0.4, -0.2) is 51.5 Å². The fourth-order valence-corrected chi connectivity index (χ4v) is 3.07. The van der Waals surface area contributed by atoms with Crippen LogP contribution in [0.2, 0.25) is 0 Å². The quantitative estimate of drug-likeness (QED) is 0.698. The van der Waals surface area contributed by atoms with Crippen molar-refractivity contribution in [3.63, 3.8) is 0 Å². The molecule has 0 aliphatic carbocycles. The minimum atomic E-state index is -0.301. The largest absolute Gasteiger partial charge is 0.353 e. The lowest BCUT2D eigenvalue weighted by Gasteiger charge is -2.20. The number of thioether (sulfide) groups is 1. The molecule has 8 heteroatoms. The van der Waals surface area contributed by atoms with Crippen LogP contribution >= 0.6 is 11.8 Å². The molecule has 0 radical (unpaired) electrons. The molecule has 1 aromatic carbocycles. The van der Waals surface area contributed by atoms with Gasteiger partial charge in [-0.15, -0.1) is 10.2 Å². The minimum absolute atomic E-state index is 0.00620. The second kappa shape index (κ2) is 9.32. The average Bonchev–Trinajstić information content (AvgIpc) is 3.03. The van der Waals surface area contributed by atoms with Crippen LogP contribution in [-0.2, 0) is 4.79 Å². The van der Waals surface area contributed by atoms with Gasteiger partial charge in [0.05, 0.1) is 11.8 Å². The third-order valence-corrected chi connectivity index (χ3v) is 5.54. The molecule has 2 atom stereocenters. The fourth-order valence-electron chi connectivity index (χ4n) is 2.30. The zero-order chi connectivity index (χ0) is 20.1. The van der Waals surface area contributed by atoms with Crippen molar-refractivity contribution in [2.75, 3.05) is 19.8 Å². The topological polar surface area (TPSA) is 63.1 Å². The number of carbonyl (C=O) groups is 1. The van der Waals surface area contributed by atoms with E-state index >= 15 is 0 Å². The Morgan fingerprint density at radius 1 is 1.19 bits per heavy atom. The smallest absolute Gasteiger partial charge is 0.230 e. The molecule has 6 nitrogen and oxygen atoms in total. The Morgan fingerprint density at radius 3 is 2.37 bits per heavy atom. The fraction of sp³-hybridized carbons (Fsp3) is 0.526. The summed E-state index contributed by atoms with van der Waals surface area (Å²) in [6.07, 6.45) is 0. The van der Waals surface area contributed by atoms with E-state index in [4.69, 9.17) is 0 Å². The SMILES string of the molecule is CC(C)[C@H](C)NC(=O)CSc1nnc([C@@H](C)N(C)C)n1-c1ccc(F)cc1. The molecule has 1 N–H and O–H groups in total. The van der Waals surface area contributed by atoms with Gasteiger partial charge in [0, 0.05) is 11.7 Å². The van der Waals surface area contributed by atoms with E-state index in [1.165, 1.54) is 23.9 Å². The monoisotopic (exact) mass is 393 g/mol. The van der Waals surface area contributed by atoms with Crippen LogP contribution < -0.4 is 5.32 Å². The summed E-state index contributed by atoms with van der Waals surface area (Å²) in [5.41, 5.74) is 0.767. The van der Waals surface area contributed by atoms with E-state index < -0.39 is 0 Å². The van der Waals surface area contributed by atoms with Crippen molar-refractivity contribution >= 4 is 17.7 Å². The summed E-state index contributed by atoms with van der Waals surface area (Å²) in [5, 5.41) is 12.2. The van der Waals surface area contributed by atoms with Crippen molar-refractivity contribution in [3.8, 4) is 5.69 Å². The van der Waals surface area contributed by atoms with Crippen molar-refractivity contribution in [1.82, 2.24) is 25.0 Å². The van der Waals surface area contributed by atoms with Gasteiger partial charge in [-0.05, 0) is 58.1 Å². The Hall–Kier alpha value is -1.93. The first-order valence-corrected chi connectivity index (χ1v) is 9.99. The number of halogens is 1. The lowest BCUT2D eigenvalue weighted by atomic mass is 10.1. The molecule has 0 spiro atoms. The van der Waals surface area contributed by atoms with E-state index in [0.29, 0.717) is 11.1 Å². The molecular formula is C19H28FN5OS. The summed E-state index contributed by atoms with van der Waals surface area (Å²) in [4.78, 5) is 14.2. The molecule has 0 aliphatic rings. The highest BCUT2D eigenvalue weighted by molar-refractivity contribution is 7.99. The first-order valence-electron chi connectivity index (χ1n) is 9.00. The third kappa shape index (κ3) is 5.52. The van der Waals surface area contributed by atoms with Gasteiger partial charge in [0.1, 0.15) is 5.82 Å². The van der Waals surface area contributed by atoms with Crippen molar-refractivity contribution in [1.29, 1.82) is 0 Å². The van der Waals surface area contributed by atoms with Crippen LogP contribution in [0.3, 0.4) is 0 Å². The Balaban J connectivity index is 2.26. The van der Waals surface area contributed by atoms with Gasteiger partial charge in [-0.2, -0.15) is 0 Å². The average molecular weight is 394 g/mol. The molecule has 27 heavy (non-hydrogen) atoms. The first-order chi connectivity index (χ1) is 12.7. The van der Waals surface area contributed by atoms with Crippen LogP contribution in [0, 0.1) is 11.7 Å². The highest BCUT2D eigenvalue weighted by atomic mass is 32.2. The Kier molecular flexibility index (Phi) is 7.38. The van der Waals surface area contributed by atoms with E-state index in [2.05, 4.69) is 29.4 Å². The van der Waals surface area contributed by atoms with Crippen LogP contribution in [0.1, 0.15) is 39.6 Å². The van der Waals surface area contributed by atoms with E-state index in [1.807, 2.05) is 37.4 Å². The molecule has 0 aliphatic heterocycles. The molecule has 0 saturated carbocycles. The Morgan fingerprint density at radius 2 is 1.81 bits per heavy atom. The molecule has 0 bridgehead atoms.